The molecule has 2 rings (SSSR count). The largest absolute Gasteiger partial charge is 0.354 e. The fraction of sp³-hybridized carbons (Fsp3) is 0.500. The zero-order valence-corrected chi connectivity index (χ0v) is 8.88. The lowest BCUT2D eigenvalue weighted by molar-refractivity contribution is -0.119. The molecule has 0 aromatic carbocycles. The first-order valence-corrected chi connectivity index (χ1v) is 4.95. The van der Waals surface area contributed by atoms with Gasteiger partial charge in [-0.05, 0) is 13.3 Å². The molecule has 0 saturated carbocycles. The first-order chi connectivity index (χ1) is 7.16. The molecule has 2 heterocycles. The molecule has 1 atom stereocenters. The maximum atomic E-state index is 11.3. The van der Waals surface area contributed by atoms with Crippen molar-refractivity contribution < 1.29 is 4.79 Å². The van der Waals surface area contributed by atoms with Crippen LogP contribution in [-0.4, -0.2) is 33.7 Å². The molecular weight excluding hydrogens is 218 g/mol. The van der Waals surface area contributed by atoms with Gasteiger partial charge < -0.3 is 10.6 Å². The average molecular weight is 228 g/mol. The van der Waals surface area contributed by atoms with Gasteiger partial charge in [0.05, 0.1) is 5.69 Å². The maximum Gasteiger partial charge on any atom is 0.243 e. The normalized spacial score (nSPS) is 20.1. The third kappa shape index (κ3) is 2.15. The second-order valence-corrected chi connectivity index (χ2v) is 3.65. The van der Waals surface area contributed by atoms with Crippen molar-refractivity contribution in [1.29, 1.82) is 0 Å². The van der Waals surface area contributed by atoms with Crippen molar-refractivity contribution >= 4 is 23.5 Å². The average Bonchev–Trinajstić information content (AvgIpc) is 2.59. The van der Waals surface area contributed by atoms with E-state index in [0.717, 1.165) is 6.42 Å². The van der Waals surface area contributed by atoms with E-state index in [-0.39, 0.29) is 17.1 Å². The molecule has 0 unspecified atom stereocenters. The zero-order chi connectivity index (χ0) is 10.8. The van der Waals surface area contributed by atoms with Crippen molar-refractivity contribution in [2.75, 3.05) is 11.9 Å². The summed E-state index contributed by atoms with van der Waals surface area (Å²) in [6, 6.07) is -0.271. The van der Waals surface area contributed by atoms with Gasteiger partial charge in [-0.25, -0.2) is 4.98 Å². The number of nitrogens with one attached hydrogen (secondary N) is 2. The van der Waals surface area contributed by atoms with Crippen LogP contribution in [0.2, 0.25) is 5.15 Å². The molecule has 1 amide bonds. The Morgan fingerprint density at radius 1 is 1.53 bits per heavy atom. The van der Waals surface area contributed by atoms with Gasteiger partial charge in [-0.15, -0.1) is 10.2 Å². The smallest absolute Gasteiger partial charge is 0.243 e. The number of carbonyl (C=O) groups is 1. The highest BCUT2D eigenvalue weighted by Gasteiger charge is 2.24. The van der Waals surface area contributed by atoms with Gasteiger partial charge in [-0.2, -0.15) is 0 Å². The van der Waals surface area contributed by atoms with E-state index in [1.807, 2.05) is 0 Å². The van der Waals surface area contributed by atoms with E-state index in [1.54, 1.807) is 6.92 Å². The summed E-state index contributed by atoms with van der Waals surface area (Å²) in [4.78, 5) is 15.3. The van der Waals surface area contributed by atoms with Crippen LogP contribution in [0.5, 0.6) is 0 Å². The predicted octanol–water partition coefficient (Wildman–Crippen LogP) is 0.134. The summed E-state index contributed by atoms with van der Waals surface area (Å²) in [6.45, 7) is 2.41. The minimum absolute atomic E-state index is 0.0359. The number of nitrogens with zero attached hydrogens (tertiary/aromatic N) is 3. The standard InChI is InChI=1S/C8H10ClN5O/c1-4-6(9)13-14-8(11-4)12-5-2-3-10-7(5)15/h5H,2-3H2,1H3,(H,10,15)(H,11,12,14)/t5-/m1/s1. The number of rotatable bonds is 2. The van der Waals surface area contributed by atoms with E-state index in [4.69, 9.17) is 11.6 Å². The minimum atomic E-state index is -0.271. The first-order valence-electron chi connectivity index (χ1n) is 4.58. The molecule has 1 aromatic heterocycles. The van der Waals surface area contributed by atoms with Crippen molar-refractivity contribution in [2.24, 2.45) is 0 Å². The molecule has 0 aliphatic carbocycles. The Kier molecular flexibility index (Phi) is 2.68. The second kappa shape index (κ2) is 3.98. The fourth-order valence-electron chi connectivity index (χ4n) is 1.34. The SMILES string of the molecule is Cc1nc(N[C@@H]2CCNC2=O)nnc1Cl. The Hall–Kier alpha value is -1.43. The minimum Gasteiger partial charge on any atom is -0.354 e. The Bertz CT molecular complexity index is 397. The van der Waals surface area contributed by atoms with Crippen LogP contribution in [0.4, 0.5) is 5.95 Å². The predicted molar refractivity (Wildman–Crippen MR) is 54.6 cm³/mol. The van der Waals surface area contributed by atoms with Crippen LogP contribution in [-0.2, 0) is 4.79 Å². The number of hydrogen-bond donors (Lipinski definition) is 2. The Morgan fingerprint density at radius 3 is 2.93 bits per heavy atom. The van der Waals surface area contributed by atoms with Gasteiger partial charge in [0.15, 0.2) is 5.15 Å². The molecule has 1 saturated heterocycles. The number of hydrogen-bond acceptors (Lipinski definition) is 5. The molecular formula is C8H10ClN5O. The zero-order valence-electron chi connectivity index (χ0n) is 8.12. The van der Waals surface area contributed by atoms with E-state index >= 15 is 0 Å². The van der Waals surface area contributed by atoms with Gasteiger partial charge in [0.25, 0.3) is 0 Å². The molecule has 0 bridgehead atoms. The number of aryl methyl sites for hydroxylation is 1. The van der Waals surface area contributed by atoms with Crippen molar-refractivity contribution in [3.63, 3.8) is 0 Å². The molecule has 1 aliphatic rings. The highest BCUT2D eigenvalue weighted by molar-refractivity contribution is 6.29. The third-order valence-electron chi connectivity index (χ3n) is 2.16. The topological polar surface area (TPSA) is 79.8 Å². The van der Waals surface area contributed by atoms with Crippen LogP contribution in [0.3, 0.4) is 0 Å². The van der Waals surface area contributed by atoms with Crippen molar-refractivity contribution in [3.8, 4) is 0 Å². The van der Waals surface area contributed by atoms with Crippen LogP contribution in [0, 0.1) is 6.92 Å². The molecule has 1 aliphatic heterocycles. The lowest BCUT2D eigenvalue weighted by atomic mass is 10.2. The van der Waals surface area contributed by atoms with E-state index in [1.165, 1.54) is 0 Å². The third-order valence-corrected chi connectivity index (χ3v) is 2.51. The summed E-state index contributed by atoms with van der Waals surface area (Å²) in [6.07, 6.45) is 0.726. The number of carbonyl (C=O) groups excluding carboxylic acids is 1. The van der Waals surface area contributed by atoms with E-state index in [0.29, 0.717) is 18.2 Å². The van der Waals surface area contributed by atoms with E-state index in [9.17, 15) is 4.79 Å². The van der Waals surface area contributed by atoms with E-state index in [2.05, 4.69) is 25.8 Å². The van der Waals surface area contributed by atoms with Crippen LogP contribution < -0.4 is 10.6 Å². The molecule has 2 N–H and O–H groups in total. The van der Waals surface area contributed by atoms with Crippen molar-refractivity contribution in [1.82, 2.24) is 20.5 Å². The van der Waals surface area contributed by atoms with Crippen LogP contribution in [0.25, 0.3) is 0 Å². The monoisotopic (exact) mass is 227 g/mol. The Morgan fingerprint density at radius 2 is 2.33 bits per heavy atom. The van der Waals surface area contributed by atoms with Crippen molar-refractivity contribution in [2.45, 2.75) is 19.4 Å². The Labute approximate surface area is 91.4 Å². The highest BCUT2D eigenvalue weighted by atomic mass is 35.5. The van der Waals surface area contributed by atoms with Crippen LogP contribution >= 0.6 is 11.6 Å². The molecule has 0 radical (unpaired) electrons. The molecule has 6 nitrogen and oxygen atoms in total. The lowest BCUT2D eigenvalue weighted by Crippen LogP contribution is -2.30. The number of aromatic nitrogens is 3. The van der Waals surface area contributed by atoms with Gasteiger partial charge in [0.2, 0.25) is 11.9 Å². The molecule has 15 heavy (non-hydrogen) atoms. The molecule has 1 aromatic rings. The molecule has 80 valence electrons. The van der Waals surface area contributed by atoms with Gasteiger partial charge in [-0.1, -0.05) is 11.6 Å². The summed E-state index contributed by atoms with van der Waals surface area (Å²) in [5.74, 6) is 0.296. The number of anilines is 1. The summed E-state index contributed by atoms with van der Waals surface area (Å²) >= 11 is 5.68. The Balaban J connectivity index is 2.10. The summed E-state index contributed by atoms with van der Waals surface area (Å²) in [5.41, 5.74) is 0.590. The van der Waals surface area contributed by atoms with Crippen LogP contribution in [0.15, 0.2) is 0 Å². The molecule has 7 heteroatoms. The quantitative estimate of drug-likeness (QED) is 0.751. The molecule has 0 spiro atoms. The van der Waals surface area contributed by atoms with Gasteiger partial charge >= 0.3 is 0 Å². The van der Waals surface area contributed by atoms with Crippen LogP contribution in [0.1, 0.15) is 12.1 Å². The van der Waals surface area contributed by atoms with Crippen molar-refractivity contribution in [3.05, 3.63) is 10.8 Å². The summed E-state index contributed by atoms with van der Waals surface area (Å²) < 4.78 is 0. The first kappa shape index (κ1) is 10.1. The van der Waals surface area contributed by atoms with Gasteiger partial charge in [0, 0.05) is 6.54 Å². The van der Waals surface area contributed by atoms with Gasteiger partial charge in [-0.3, -0.25) is 4.79 Å². The van der Waals surface area contributed by atoms with E-state index < -0.39 is 0 Å². The summed E-state index contributed by atoms with van der Waals surface area (Å²) in [7, 11) is 0. The summed E-state index contributed by atoms with van der Waals surface area (Å²) in [5, 5.41) is 13.3. The molecule has 1 fully saturated rings. The second-order valence-electron chi connectivity index (χ2n) is 3.29. The number of halogens is 1. The maximum absolute atomic E-state index is 11.3. The van der Waals surface area contributed by atoms with Gasteiger partial charge in [0.1, 0.15) is 6.04 Å². The fourth-order valence-corrected chi connectivity index (χ4v) is 1.42. The lowest BCUT2D eigenvalue weighted by Gasteiger charge is -2.09. The number of amides is 1. The highest BCUT2D eigenvalue weighted by Crippen LogP contribution is 2.11.